The molecular formula is C16H17ClN4S. The first-order valence-corrected chi connectivity index (χ1v) is 8.37. The summed E-state index contributed by atoms with van der Waals surface area (Å²) >= 11 is 7.56. The lowest BCUT2D eigenvalue weighted by molar-refractivity contribution is 0.877. The lowest BCUT2D eigenvalue weighted by atomic mass is 10.2. The fraction of sp³-hybridized carbons (Fsp3) is 0.250. The largest absolute Gasteiger partial charge is 0.365 e. The van der Waals surface area contributed by atoms with Crippen molar-refractivity contribution < 1.29 is 0 Å². The Labute approximate surface area is 138 Å². The van der Waals surface area contributed by atoms with Crippen LogP contribution in [0.5, 0.6) is 0 Å². The second-order valence-corrected chi connectivity index (χ2v) is 6.66. The van der Waals surface area contributed by atoms with Crippen LogP contribution in [0.2, 0.25) is 5.02 Å². The molecule has 0 saturated heterocycles. The first-order chi connectivity index (χ1) is 10.6. The van der Waals surface area contributed by atoms with Gasteiger partial charge in [0.25, 0.3) is 0 Å². The third-order valence-corrected chi connectivity index (χ3v) is 4.26. The Balaban J connectivity index is 1.85. The highest BCUT2D eigenvalue weighted by atomic mass is 35.5. The molecule has 0 radical (unpaired) electrons. The maximum absolute atomic E-state index is 5.91. The van der Waals surface area contributed by atoms with Crippen LogP contribution in [0.4, 0.5) is 11.8 Å². The normalized spacial score (nSPS) is 11.1. The van der Waals surface area contributed by atoms with Crippen molar-refractivity contribution in [1.29, 1.82) is 0 Å². The van der Waals surface area contributed by atoms with E-state index in [9.17, 15) is 0 Å². The third-order valence-electron chi connectivity index (χ3n) is 3.09. The highest BCUT2D eigenvalue weighted by Crippen LogP contribution is 2.27. The van der Waals surface area contributed by atoms with Crippen molar-refractivity contribution >= 4 is 44.9 Å². The van der Waals surface area contributed by atoms with Crippen molar-refractivity contribution in [2.24, 2.45) is 0 Å². The van der Waals surface area contributed by atoms with E-state index in [1.54, 1.807) is 11.3 Å². The van der Waals surface area contributed by atoms with Crippen LogP contribution < -0.4 is 10.6 Å². The Morgan fingerprint density at radius 3 is 2.64 bits per heavy atom. The average molecular weight is 333 g/mol. The number of benzene rings is 1. The summed E-state index contributed by atoms with van der Waals surface area (Å²) in [6, 6.07) is 10.1. The molecule has 0 fully saturated rings. The lowest BCUT2D eigenvalue weighted by Crippen LogP contribution is -2.13. The molecule has 22 heavy (non-hydrogen) atoms. The first kappa shape index (κ1) is 15.1. The molecule has 0 aliphatic rings. The zero-order valence-corrected chi connectivity index (χ0v) is 14.0. The maximum Gasteiger partial charge on any atom is 0.225 e. The Bertz CT molecular complexity index is 767. The first-order valence-electron chi connectivity index (χ1n) is 7.12. The van der Waals surface area contributed by atoms with Gasteiger partial charge in [-0.3, -0.25) is 0 Å². The van der Waals surface area contributed by atoms with Crippen LogP contribution in [0.25, 0.3) is 10.2 Å². The molecule has 1 aromatic carbocycles. The molecule has 2 N–H and O–H groups in total. The number of rotatable bonds is 5. The van der Waals surface area contributed by atoms with E-state index in [1.165, 1.54) is 0 Å². The average Bonchev–Trinajstić information content (AvgIpc) is 2.94. The van der Waals surface area contributed by atoms with Crippen LogP contribution >= 0.6 is 22.9 Å². The Morgan fingerprint density at radius 1 is 1.14 bits per heavy atom. The van der Waals surface area contributed by atoms with Crippen molar-refractivity contribution in [1.82, 2.24) is 9.97 Å². The number of anilines is 2. The van der Waals surface area contributed by atoms with Gasteiger partial charge < -0.3 is 10.6 Å². The van der Waals surface area contributed by atoms with E-state index in [0.717, 1.165) is 26.6 Å². The van der Waals surface area contributed by atoms with E-state index in [2.05, 4.69) is 34.4 Å². The summed E-state index contributed by atoms with van der Waals surface area (Å²) in [6.45, 7) is 4.84. The zero-order chi connectivity index (χ0) is 15.5. The maximum atomic E-state index is 5.91. The van der Waals surface area contributed by atoms with Crippen LogP contribution in [0.3, 0.4) is 0 Å². The van der Waals surface area contributed by atoms with Crippen LogP contribution in [-0.4, -0.2) is 16.0 Å². The van der Waals surface area contributed by atoms with Gasteiger partial charge in [0, 0.05) is 17.6 Å². The van der Waals surface area contributed by atoms with Crippen LogP contribution in [0, 0.1) is 0 Å². The van der Waals surface area contributed by atoms with Crippen LogP contribution in [0.15, 0.2) is 35.7 Å². The number of hydrogen-bond acceptors (Lipinski definition) is 5. The summed E-state index contributed by atoms with van der Waals surface area (Å²) in [4.78, 5) is 9.13. The molecule has 4 nitrogen and oxygen atoms in total. The van der Waals surface area contributed by atoms with Gasteiger partial charge in [0.2, 0.25) is 5.95 Å². The summed E-state index contributed by atoms with van der Waals surface area (Å²) < 4.78 is 1.07. The number of nitrogens with zero attached hydrogens (tertiary/aromatic N) is 2. The SMILES string of the molecule is CC(C)Nc1nc(NCc2ccc(Cl)cc2)c2sccc2n1. The molecule has 2 heterocycles. The molecule has 0 spiro atoms. The molecule has 0 saturated carbocycles. The molecule has 0 aliphatic carbocycles. The minimum atomic E-state index is 0.292. The fourth-order valence-electron chi connectivity index (χ4n) is 2.09. The van der Waals surface area contributed by atoms with Crippen molar-refractivity contribution in [3.05, 3.63) is 46.3 Å². The predicted molar refractivity (Wildman–Crippen MR) is 95.0 cm³/mol. The third kappa shape index (κ3) is 3.48. The summed E-state index contributed by atoms with van der Waals surface area (Å²) in [6.07, 6.45) is 0. The van der Waals surface area contributed by atoms with Gasteiger partial charge in [-0.05, 0) is 43.0 Å². The molecule has 3 rings (SSSR count). The molecule has 114 valence electrons. The van der Waals surface area contributed by atoms with Gasteiger partial charge in [0.15, 0.2) is 0 Å². The second-order valence-electron chi connectivity index (χ2n) is 5.31. The number of hydrogen-bond donors (Lipinski definition) is 2. The van der Waals surface area contributed by atoms with Gasteiger partial charge in [-0.1, -0.05) is 23.7 Å². The molecule has 0 atom stereocenters. The predicted octanol–water partition coefficient (Wildman–Crippen LogP) is 4.78. The van der Waals surface area contributed by atoms with E-state index in [-0.39, 0.29) is 0 Å². The van der Waals surface area contributed by atoms with Gasteiger partial charge in [-0.15, -0.1) is 11.3 Å². The van der Waals surface area contributed by atoms with Crippen molar-refractivity contribution in [2.75, 3.05) is 10.6 Å². The van der Waals surface area contributed by atoms with E-state index in [1.807, 2.05) is 35.7 Å². The highest BCUT2D eigenvalue weighted by molar-refractivity contribution is 7.17. The summed E-state index contributed by atoms with van der Waals surface area (Å²) in [7, 11) is 0. The number of thiophene rings is 1. The minimum absolute atomic E-state index is 0.292. The molecule has 0 amide bonds. The highest BCUT2D eigenvalue weighted by Gasteiger charge is 2.09. The van der Waals surface area contributed by atoms with Crippen molar-refractivity contribution in [3.63, 3.8) is 0 Å². The molecule has 2 aromatic heterocycles. The van der Waals surface area contributed by atoms with E-state index >= 15 is 0 Å². The van der Waals surface area contributed by atoms with Crippen LogP contribution in [0.1, 0.15) is 19.4 Å². The van der Waals surface area contributed by atoms with Crippen molar-refractivity contribution in [3.8, 4) is 0 Å². The topological polar surface area (TPSA) is 49.8 Å². The Morgan fingerprint density at radius 2 is 1.91 bits per heavy atom. The molecule has 3 aromatic rings. The molecule has 0 bridgehead atoms. The molecular weight excluding hydrogens is 316 g/mol. The zero-order valence-electron chi connectivity index (χ0n) is 12.4. The van der Waals surface area contributed by atoms with Gasteiger partial charge in [0.1, 0.15) is 5.82 Å². The van der Waals surface area contributed by atoms with Gasteiger partial charge in [-0.25, -0.2) is 4.98 Å². The number of aromatic nitrogens is 2. The quantitative estimate of drug-likeness (QED) is 0.706. The van der Waals surface area contributed by atoms with Gasteiger partial charge in [-0.2, -0.15) is 4.98 Å². The van der Waals surface area contributed by atoms with E-state index < -0.39 is 0 Å². The number of fused-ring (bicyclic) bond motifs is 1. The van der Waals surface area contributed by atoms with Crippen LogP contribution in [-0.2, 0) is 6.54 Å². The summed E-state index contributed by atoms with van der Waals surface area (Å²) in [5.41, 5.74) is 2.12. The Kier molecular flexibility index (Phi) is 4.45. The van der Waals surface area contributed by atoms with Gasteiger partial charge in [0.05, 0.1) is 10.2 Å². The standard InChI is InChI=1S/C16H17ClN4S/c1-10(2)19-16-20-13-7-8-22-14(13)15(21-16)18-9-11-3-5-12(17)6-4-11/h3-8,10H,9H2,1-2H3,(H2,18,19,20,21). The van der Waals surface area contributed by atoms with E-state index in [4.69, 9.17) is 11.6 Å². The molecule has 6 heteroatoms. The minimum Gasteiger partial charge on any atom is -0.365 e. The van der Waals surface area contributed by atoms with Gasteiger partial charge >= 0.3 is 0 Å². The molecule has 0 aliphatic heterocycles. The number of nitrogens with one attached hydrogen (secondary N) is 2. The Hall–Kier alpha value is -1.85. The molecule has 0 unspecified atom stereocenters. The smallest absolute Gasteiger partial charge is 0.225 e. The van der Waals surface area contributed by atoms with Crippen molar-refractivity contribution in [2.45, 2.75) is 26.4 Å². The summed E-state index contributed by atoms with van der Waals surface area (Å²) in [5.74, 6) is 1.51. The summed E-state index contributed by atoms with van der Waals surface area (Å²) in [5, 5.41) is 9.44. The lowest BCUT2D eigenvalue weighted by Gasteiger charge is -2.12. The monoisotopic (exact) mass is 332 g/mol. The second kappa shape index (κ2) is 6.50. The number of halogens is 1. The van der Waals surface area contributed by atoms with E-state index in [0.29, 0.717) is 18.5 Å². The fourth-order valence-corrected chi connectivity index (χ4v) is 3.02.